The van der Waals surface area contributed by atoms with E-state index in [0.29, 0.717) is 37.6 Å². The largest absolute Gasteiger partial charge is 0.352 e. The van der Waals surface area contributed by atoms with Crippen LogP contribution in [0.4, 0.5) is 5.82 Å². The van der Waals surface area contributed by atoms with Crippen LogP contribution in [0.3, 0.4) is 0 Å². The number of hydrogen-bond acceptors (Lipinski definition) is 5. The summed E-state index contributed by atoms with van der Waals surface area (Å²) in [6.07, 6.45) is 3.92. The Labute approximate surface area is 205 Å². The van der Waals surface area contributed by atoms with E-state index in [1.54, 1.807) is 6.33 Å². The summed E-state index contributed by atoms with van der Waals surface area (Å²) in [5.41, 5.74) is 9.29. The van der Waals surface area contributed by atoms with Crippen LogP contribution in [0.15, 0.2) is 67.1 Å². The molecule has 6 nitrogen and oxygen atoms in total. The smallest absolute Gasteiger partial charge is 0.239 e. The number of hydrogen-bond donors (Lipinski definition) is 1. The van der Waals surface area contributed by atoms with E-state index in [1.807, 2.05) is 53.6 Å². The highest BCUT2D eigenvalue weighted by Gasteiger charge is 2.27. The molecule has 0 aliphatic carbocycles. The van der Waals surface area contributed by atoms with Crippen molar-refractivity contribution in [1.29, 1.82) is 0 Å². The third-order valence-corrected chi connectivity index (χ3v) is 5.60. The molecule has 0 radical (unpaired) electrons. The van der Waals surface area contributed by atoms with Crippen molar-refractivity contribution in [2.24, 2.45) is 5.73 Å². The monoisotopic (exact) mass is 493 g/mol. The molecule has 1 amide bonds. The van der Waals surface area contributed by atoms with E-state index in [1.165, 1.54) is 0 Å². The molecule has 3 aromatic rings. The first kappa shape index (κ1) is 25.9. The van der Waals surface area contributed by atoms with Crippen LogP contribution in [0.2, 0.25) is 5.02 Å². The van der Waals surface area contributed by atoms with Crippen molar-refractivity contribution in [2.75, 3.05) is 31.1 Å². The fourth-order valence-corrected chi connectivity index (χ4v) is 3.86. The summed E-state index contributed by atoms with van der Waals surface area (Å²) in [6, 6.07) is 17.0. The number of carbonyl (C=O) groups excluding carboxylic acids is 1. The maximum absolute atomic E-state index is 12.8. The number of halogens is 3. The van der Waals surface area contributed by atoms with Gasteiger partial charge < -0.3 is 15.5 Å². The molecule has 2 heterocycles. The lowest BCUT2D eigenvalue weighted by Crippen LogP contribution is -2.54. The number of anilines is 1. The number of piperazine rings is 1. The number of carbonyl (C=O) groups is 1. The van der Waals surface area contributed by atoms with Crippen LogP contribution in [0.1, 0.15) is 5.56 Å². The first-order chi connectivity index (χ1) is 14.6. The van der Waals surface area contributed by atoms with Gasteiger partial charge in [-0.1, -0.05) is 54.1 Å². The fraction of sp³-hybridized carbons (Fsp3) is 0.261. The number of amides is 1. The molecule has 9 heteroatoms. The average molecular weight is 495 g/mol. The van der Waals surface area contributed by atoms with Crippen molar-refractivity contribution in [3.8, 4) is 11.1 Å². The number of nitrogens with two attached hydrogens (primary N) is 1. The van der Waals surface area contributed by atoms with Gasteiger partial charge in [0.2, 0.25) is 5.91 Å². The standard InChI is InChI=1S/C23H24ClN5O.2ClH/c24-19-8-6-17(7-9-19)14-21(25)23(30)29-12-10-28(11-13-29)22-20(15-26-16-27-22)18-4-2-1-3-5-18;;/h1-9,15-16,21H,10-14,25H2;2*1H/t21-;;/m1../s1. The molecular formula is C23H26Cl3N5O. The molecule has 1 atom stereocenters. The van der Waals surface area contributed by atoms with Crippen LogP contribution >= 0.6 is 36.4 Å². The fourth-order valence-electron chi connectivity index (χ4n) is 3.73. The molecule has 2 N–H and O–H groups in total. The summed E-state index contributed by atoms with van der Waals surface area (Å²) < 4.78 is 0. The third kappa shape index (κ3) is 6.11. The molecule has 1 saturated heterocycles. The van der Waals surface area contributed by atoms with Gasteiger partial charge in [-0.2, -0.15) is 0 Å². The van der Waals surface area contributed by atoms with Crippen LogP contribution in [0, 0.1) is 0 Å². The van der Waals surface area contributed by atoms with Crippen LogP contribution < -0.4 is 10.6 Å². The molecule has 4 rings (SSSR count). The van der Waals surface area contributed by atoms with E-state index in [4.69, 9.17) is 17.3 Å². The van der Waals surface area contributed by atoms with Gasteiger partial charge in [-0.15, -0.1) is 24.8 Å². The first-order valence-electron chi connectivity index (χ1n) is 10.0. The minimum atomic E-state index is -0.559. The van der Waals surface area contributed by atoms with Gasteiger partial charge in [0, 0.05) is 43.0 Å². The Bertz CT molecular complexity index is 996. The second-order valence-electron chi connectivity index (χ2n) is 7.38. The lowest BCUT2D eigenvalue weighted by molar-refractivity contribution is -0.132. The van der Waals surface area contributed by atoms with Crippen molar-refractivity contribution in [3.05, 3.63) is 77.7 Å². The van der Waals surface area contributed by atoms with E-state index in [2.05, 4.69) is 27.0 Å². The zero-order valence-electron chi connectivity index (χ0n) is 17.4. The number of rotatable bonds is 5. The maximum atomic E-state index is 12.8. The van der Waals surface area contributed by atoms with Crippen LogP contribution in [-0.4, -0.2) is 53.0 Å². The zero-order valence-corrected chi connectivity index (χ0v) is 19.8. The summed E-state index contributed by atoms with van der Waals surface area (Å²) in [6.45, 7) is 2.64. The zero-order chi connectivity index (χ0) is 20.9. The van der Waals surface area contributed by atoms with Gasteiger partial charge in [0.15, 0.2) is 0 Å². The lowest BCUT2D eigenvalue weighted by Gasteiger charge is -2.37. The lowest BCUT2D eigenvalue weighted by atomic mass is 10.0. The number of nitrogens with zero attached hydrogens (tertiary/aromatic N) is 4. The van der Waals surface area contributed by atoms with E-state index >= 15 is 0 Å². The van der Waals surface area contributed by atoms with Gasteiger partial charge in [-0.05, 0) is 29.7 Å². The van der Waals surface area contributed by atoms with Gasteiger partial charge in [0.25, 0.3) is 0 Å². The summed E-state index contributed by atoms with van der Waals surface area (Å²) in [7, 11) is 0. The second-order valence-corrected chi connectivity index (χ2v) is 7.81. The van der Waals surface area contributed by atoms with Crippen molar-refractivity contribution in [3.63, 3.8) is 0 Å². The quantitative estimate of drug-likeness (QED) is 0.583. The van der Waals surface area contributed by atoms with Crippen LogP contribution in [0.5, 0.6) is 0 Å². The Hall–Kier alpha value is -2.38. The molecule has 170 valence electrons. The molecule has 1 aliphatic heterocycles. The van der Waals surface area contributed by atoms with Crippen molar-refractivity contribution in [1.82, 2.24) is 14.9 Å². The highest BCUT2D eigenvalue weighted by atomic mass is 35.5. The first-order valence-corrected chi connectivity index (χ1v) is 10.4. The Morgan fingerprint density at radius 1 is 1.00 bits per heavy atom. The van der Waals surface area contributed by atoms with Crippen molar-refractivity contribution >= 4 is 48.1 Å². The van der Waals surface area contributed by atoms with Gasteiger partial charge >= 0.3 is 0 Å². The number of benzene rings is 2. The predicted molar refractivity (Wildman–Crippen MR) is 134 cm³/mol. The average Bonchev–Trinajstić information content (AvgIpc) is 2.81. The Morgan fingerprint density at radius 2 is 1.66 bits per heavy atom. The molecule has 1 aliphatic rings. The molecule has 0 saturated carbocycles. The normalized spacial score (nSPS) is 14.2. The molecule has 0 bridgehead atoms. The Balaban J connectivity index is 0.00000181. The minimum Gasteiger partial charge on any atom is -0.352 e. The van der Waals surface area contributed by atoms with Gasteiger partial charge in [0.1, 0.15) is 12.1 Å². The minimum absolute atomic E-state index is 0. The van der Waals surface area contributed by atoms with E-state index in [9.17, 15) is 4.79 Å². The number of aromatic nitrogens is 2. The van der Waals surface area contributed by atoms with E-state index < -0.39 is 6.04 Å². The molecule has 2 aromatic carbocycles. The molecule has 1 aromatic heterocycles. The molecule has 1 fully saturated rings. The van der Waals surface area contributed by atoms with E-state index in [0.717, 1.165) is 22.5 Å². The van der Waals surface area contributed by atoms with Gasteiger partial charge in [0.05, 0.1) is 6.04 Å². The SMILES string of the molecule is Cl.Cl.N[C@H](Cc1ccc(Cl)cc1)C(=O)N1CCN(c2ncncc2-c2ccccc2)CC1. The van der Waals surface area contributed by atoms with Gasteiger partial charge in [-0.25, -0.2) is 9.97 Å². The van der Waals surface area contributed by atoms with Crippen molar-refractivity contribution in [2.45, 2.75) is 12.5 Å². The highest BCUT2D eigenvalue weighted by molar-refractivity contribution is 6.30. The van der Waals surface area contributed by atoms with E-state index in [-0.39, 0.29) is 30.7 Å². The Morgan fingerprint density at radius 3 is 2.31 bits per heavy atom. The third-order valence-electron chi connectivity index (χ3n) is 5.35. The highest BCUT2D eigenvalue weighted by Crippen LogP contribution is 2.28. The Kier molecular flexibility index (Phi) is 9.72. The van der Waals surface area contributed by atoms with Crippen LogP contribution in [0.25, 0.3) is 11.1 Å². The van der Waals surface area contributed by atoms with Gasteiger partial charge in [-0.3, -0.25) is 4.79 Å². The maximum Gasteiger partial charge on any atom is 0.239 e. The molecule has 32 heavy (non-hydrogen) atoms. The summed E-state index contributed by atoms with van der Waals surface area (Å²) in [5, 5.41) is 0.675. The molecule has 0 spiro atoms. The van der Waals surface area contributed by atoms with Crippen LogP contribution in [-0.2, 0) is 11.2 Å². The topological polar surface area (TPSA) is 75.4 Å². The summed E-state index contributed by atoms with van der Waals surface area (Å²) >= 11 is 5.93. The summed E-state index contributed by atoms with van der Waals surface area (Å²) in [5.74, 6) is 0.879. The molecular weight excluding hydrogens is 469 g/mol. The molecule has 0 unspecified atom stereocenters. The predicted octanol–water partition coefficient (Wildman–Crippen LogP) is 3.86. The van der Waals surface area contributed by atoms with Crippen molar-refractivity contribution < 1.29 is 4.79 Å². The summed E-state index contributed by atoms with van der Waals surface area (Å²) in [4.78, 5) is 25.6. The second kappa shape index (κ2) is 12.0.